The van der Waals surface area contributed by atoms with Gasteiger partial charge < -0.3 is 4.74 Å². The first kappa shape index (κ1) is 13.5. The minimum atomic E-state index is -0.209. The average Bonchev–Trinajstić information content (AvgIpc) is 2.38. The van der Waals surface area contributed by atoms with E-state index in [4.69, 9.17) is 4.74 Å². The zero-order valence-electron chi connectivity index (χ0n) is 10.8. The van der Waals surface area contributed by atoms with Gasteiger partial charge in [0.2, 0.25) is 0 Å². The van der Waals surface area contributed by atoms with E-state index in [0.29, 0.717) is 12.2 Å². The van der Waals surface area contributed by atoms with Gasteiger partial charge in [-0.1, -0.05) is 43.7 Å². The molecule has 2 heteroatoms. The molecule has 92 valence electrons. The number of hydrogen-bond donors (Lipinski definition) is 0. The van der Waals surface area contributed by atoms with Gasteiger partial charge in [-0.3, -0.25) is 0 Å². The van der Waals surface area contributed by atoms with Gasteiger partial charge in [0.1, 0.15) is 0 Å². The van der Waals surface area contributed by atoms with E-state index in [1.54, 1.807) is 0 Å². The molecule has 2 nitrogen and oxygen atoms in total. The van der Waals surface area contributed by atoms with Crippen LogP contribution in [0.15, 0.2) is 35.9 Å². The Labute approximate surface area is 103 Å². The standard InChI is InChI=1S/C15H20O2/c1-4-5-11-17-15(16)13(3)12(2)14-9-7-6-8-10-14/h6-10H,4-5,11H2,1-3H3. The average molecular weight is 232 g/mol. The third kappa shape index (κ3) is 4.06. The van der Waals surface area contributed by atoms with Crippen molar-refractivity contribution in [3.8, 4) is 0 Å². The molecular weight excluding hydrogens is 212 g/mol. The molecule has 0 N–H and O–H groups in total. The minimum absolute atomic E-state index is 0.209. The number of benzene rings is 1. The van der Waals surface area contributed by atoms with Crippen LogP contribution >= 0.6 is 0 Å². The number of rotatable bonds is 5. The molecule has 0 atom stereocenters. The van der Waals surface area contributed by atoms with Gasteiger partial charge in [0.25, 0.3) is 0 Å². The number of hydrogen-bond acceptors (Lipinski definition) is 2. The second-order valence-corrected chi connectivity index (χ2v) is 4.11. The minimum Gasteiger partial charge on any atom is -0.462 e. The summed E-state index contributed by atoms with van der Waals surface area (Å²) in [4.78, 5) is 11.8. The summed E-state index contributed by atoms with van der Waals surface area (Å²) in [5.74, 6) is -0.209. The van der Waals surface area contributed by atoms with Crippen molar-refractivity contribution in [2.45, 2.75) is 33.6 Å². The molecule has 0 saturated carbocycles. The van der Waals surface area contributed by atoms with Gasteiger partial charge in [-0.05, 0) is 31.4 Å². The maximum atomic E-state index is 11.8. The zero-order chi connectivity index (χ0) is 12.7. The Hall–Kier alpha value is -1.57. The van der Waals surface area contributed by atoms with Crippen LogP contribution in [0.2, 0.25) is 0 Å². The summed E-state index contributed by atoms with van der Waals surface area (Å²) in [5.41, 5.74) is 2.73. The van der Waals surface area contributed by atoms with Crippen LogP contribution in [-0.4, -0.2) is 12.6 Å². The Morgan fingerprint density at radius 3 is 2.41 bits per heavy atom. The van der Waals surface area contributed by atoms with Crippen molar-refractivity contribution in [3.05, 3.63) is 41.5 Å². The SMILES string of the molecule is CCCCOC(=O)C(C)=C(C)c1ccccc1. The van der Waals surface area contributed by atoms with Gasteiger partial charge in [-0.15, -0.1) is 0 Å². The molecule has 1 rings (SSSR count). The number of unbranched alkanes of at least 4 members (excludes halogenated alkanes) is 1. The first-order valence-corrected chi connectivity index (χ1v) is 6.06. The molecular formula is C15H20O2. The van der Waals surface area contributed by atoms with Crippen molar-refractivity contribution >= 4 is 11.5 Å². The van der Waals surface area contributed by atoms with Gasteiger partial charge in [-0.2, -0.15) is 0 Å². The van der Waals surface area contributed by atoms with E-state index in [-0.39, 0.29) is 5.97 Å². The highest BCUT2D eigenvalue weighted by molar-refractivity contribution is 5.96. The normalized spacial score (nSPS) is 11.9. The monoisotopic (exact) mass is 232 g/mol. The van der Waals surface area contributed by atoms with Crippen molar-refractivity contribution in [3.63, 3.8) is 0 Å². The Balaban J connectivity index is 2.72. The van der Waals surface area contributed by atoms with Gasteiger partial charge in [0.15, 0.2) is 0 Å². The van der Waals surface area contributed by atoms with Crippen LogP contribution in [0.5, 0.6) is 0 Å². The van der Waals surface area contributed by atoms with E-state index in [1.165, 1.54) is 0 Å². The van der Waals surface area contributed by atoms with Crippen LogP contribution in [0.4, 0.5) is 0 Å². The number of allylic oxidation sites excluding steroid dienone is 1. The number of carbonyl (C=O) groups is 1. The third-order valence-electron chi connectivity index (χ3n) is 2.81. The second kappa shape index (κ2) is 6.89. The van der Waals surface area contributed by atoms with E-state index < -0.39 is 0 Å². The number of ether oxygens (including phenoxy) is 1. The van der Waals surface area contributed by atoms with Gasteiger partial charge in [-0.25, -0.2) is 4.79 Å². The molecule has 0 aliphatic carbocycles. The first-order chi connectivity index (χ1) is 8.16. The molecule has 0 fully saturated rings. The fourth-order valence-corrected chi connectivity index (χ4v) is 1.48. The highest BCUT2D eigenvalue weighted by atomic mass is 16.5. The maximum absolute atomic E-state index is 11.8. The van der Waals surface area contributed by atoms with Crippen molar-refractivity contribution < 1.29 is 9.53 Å². The predicted molar refractivity (Wildman–Crippen MR) is 70.6 cm³/mol. The Kier molecular flexibility index (Phi) is 5.47. The van der Waals surface area contributed by atoms with E-state index in [0.717, 1.165) is 24.0 Å². The molecule has 0 radical (unpaired) electrons. The molecule has 0 aliphatic heterocycles. The summed E-state index contributed by atoms with van der Waals surface area (Å²) in [5, 5.41) is 0. The number of esters is 1. The van der Waals surface area contributed by atoms with Crippen LogP contribution in [0.25, 0.3) is 5.57 Å². The summed E-state index contributed by atoms with van der Waals surface area (Å²) in [6.07, 6.45) is 1.96. The third-order valence-corrected chi connectivity index (χ3v) is 2.81. The summed E-state index contributed by atoms with van der Waals surface area (Å²) >= 11 is 0. The fraction of sp³-hybridized carbons (Fsp3) is 0.400. The van der Waals surface area contributed by atoms with Crippen LogP contribution in [0, 0.1) is 0 Å². The molecule has 0 aromatic heterocycles. The molecule has 17 heavy (non-hydrogen) atoms. The lowest BCUT2D eigenvalue weighted by Crippen LogP contribution is -2.08. The molecule has 0 spiro atoms. The van der Waals surface area contributed by atoms with Crippen LogP contribution < -0.4 is 0 Å². The summed E-state index contributed by atoms with van der Waals surface area (Å²) in [6.45, 7) is 6.35. The van der Waals surface area contributed by atoms with Crippen molar-refractivity contribution in [1.29, 1.82) is 0 Å². The quantitative estimate of drug-likeness (QED) is 0.438. The maximum Gasteiger partial charge on any atom is 0.333 e. The fourth-order valence-electron chi connectivity index (χ4n) is 1.48. The Bertz CT molecular complexity index is 391. The second-order valence-electron chi connectivity index (χ2n) is 4.11. The Morgan fingerprint density at radius 2 is 1.82 bits per heavy atom. The van der Waals surface area contributed by atoms with Crippen LogP contribution in [-0.2, 0) is 9.53 Å². The molecule has 0 unspecified atom stereocenters. The van der Waals surface area contributed by atoms with Crippen molar-refractivity contribution in [1.82, 2.24) is 0 Å². The van der Waals surface area contributed by atoms with Crippen LogP contribution in [0.1, 0.15) is 39.2 Å². The summed E-state index contributed by atoms with van der Waals surface area (Å²) in [7, 11) is 0. The molecule has 1 aromatic carbocycles. The summed E-state index contributed by atoms with van der Waals surface area (Å²) in [6, 6.07) is 9.89. The lowest BCUT2D eigenvalue weighted by atomic mass is 10.0. The van der Waals surface area contributed by atoms with Crippen molar-refractivity contribution in [2.75, 3.05) is 6.61 Å². The van der Waals surface area contributed by atoms with E-state index >= 15 is 0 Å². The van der Waals surface area contributed by atoms with Gasteiger partial charge >= 0.3 is 5.97 Å². The topological polar surface area (TPSA) is 26.3 Å². The van der Waals surface area contributed by atoms with Gasteiger partial charge in [0.05, 0.1) is 6.61 Å². The van der Waals surface area contributed by atoms with Gasteiger partial charge in [0, 0.05) is 5.57 Å². The van der Waals surface area contributed by atoms with E-state index in [9.17, 15) is 4.79 Å². The highest BCUT2D eigenvalue weighted by Gasteiger charge is 2.09. The number of carbonyl (C=O) groups excluding carboxylic acids is 1. The van der Waals surface area contributed by atoms with Crippen molar-refractivity contribution in [2.24, 2.45) is 0 Å². The predicted octanol–water partition coefficient (Wildman–Crippen LogP) is 3.82. The molecule has 0 heterocycles. The molecule has 0 amide bonds. The molecule has 0 saturated heterocycles. The highest BCUT2D eigenvalue weighted by Crippen LogP contribution is 2.18. The molecule has 0 bridgehead atoms. The first-order valence-electron chi connectivity index (χ1n) is 6.06. The lowest BCUT2D eigenvalue weighted by Gasteiger charge is -2.08. The zero-order valence-corrected chi connectivity index (χ0v) is 10.8. The van der Waals surface area contributed by atoms with Crippen LogP contribution in [0.3, 0.4) is 0 Å². The molecule has 0 aliphatic rings. The largest absolute Gasteiger partial charge is 0.462 e. The smallest absolute Gasteiger partial charge is 0.333 e. The molecule has 1 aromatic rings. The van der Waals surface area contributed by atoms with E-state index in [2.05, 4.69) is 6.92 Å². The van der Waals surface area contributed by atoms with E-state index in [1.807, 2.05) is 44.2 Å². The lowest BCUT2D eigenvalue weighted by molar-refractivity contribution is -0.139. The summed E-state index contributed by atoms with van der Waals surface area (Å²) < 4.78 is 5.19. The Morgan fingerprint density at radius 1 is 1.18 bits per heavy atom.